The van der Waals surface area contributed by atoms with Gasteiger partial charge in [0.05, 0.1) is 5.69 Å². The van der Waals surface area contributed by atoms with Crippen LogP contribution in [-0.2, 0) is 6.54 Å². The Balaban J connectivity index is 1.79. The third-order valence-corrected chi connectivity index (χ3v) is 4.16. The third kappa shape index (κ3) is 5.91. The second kappa shape index (κ2) is 9.30. The molecule has 0 fully saturated rings. The maximum absolute atomic E-state index is 5.95. The van der Waals surface area contributed by atoms with Gasteiger partial charge >= 0.3 is 0 Å². The van der Waals surface area contributed by atoms with Crippen LogP contribution < -0.4 is 10.6 Å². The largest absolute Gasteiger partial charge is 0.366 e. The van der Waals surface area contributed by atoms with Gasteiger partial charge in [-0.3, -0.25) is 4.98 Å². The van der Waals surface area contributed by atoms with E-state index in [9.17, 15) is 0 Å². The highest BCUT2D eigenvalue weighted by Gasteiger charge is 2.07. The van der Waals surface area contributed by atoms with Crippen molar-refractivity contribution in [2.75, 3.05) is 37.8 Å². The minimum Gasteiger partial charge on any atom is -0.366 e. The van der Waals surface area contributed by atoms with E-state index in [-0.39, 0.29) is 0 Å². The summed E-state index contributed by atoms with van der Waals surface area (Å²) >= 11 is 5.95. The molecule has 3 rings (SSSR count). The summed E-state index contributed by atoms with van der Waals surface area (Å²) in [5, 5.41) is 7.38. The first-order valence-corrected chi connectivity index (χ1v) is 9.14. The zero-order valence-electron chi connectivity index (χ0n) is 15.5. The van der Waals surface area contributed by atoms with Gasteiger partial charge in [0.25, 0.3) is 0 Å². The van der Waals surface area contributed by atoms with E-state index in [1.807, 2.05) is 56.6 Å². The smallest absolute Gasteiger partial charge is 0.225 e. The van der Waals surface area contributed by atoms with Gasteiger partial charge in [0, 0.05) is 48.7 Å². The maximum atomic E-state index is 5.95. The Labute approximate surface area is 164 Å². The molecule has 0 amide bonds. The summed E-state index contributed by atoms with van der Waals surface area (Å²) in [5.74, 6) is 1.35. The van der Waals surface area contributed by atoms with E-state index in [1.54, 1.807) is 12.4 Å². The van der Waals surface area contributed by atoms with Crippen molar-refractivity contribution in [3.05, 3.63) is 65.4 Å². The molecule has 0 spiro atoms. The molecule has 2 N–H and O–H groups in total. The van der Waals surface area contributed by atoms with Crippen LogP contribution in [0.3, 0.4) is 0 Å². The van der Waals surface area contributed by atoms with Crippen LogP contribution in [0.2, 0.25) is 5.02 Å². The number of halogens is 1. The molecule has 0 aliphatic rings. The molecule has 0 unspecified atom stereocenters. The van der Waals surface area contributed by atoms with Gasteiger partial charge in [-0.25, -0.2) is 4.98 Å². The summed E-state index contributed by atoms with van der Waals surface area (Å²) in [5.41, 5.74) is 2.90. The van der Waals surface area contributed by atoms with Crippen molar-refractivity contribution in [3.8, 4) is 11.3 Å². The number of benzene rings is 1. The van der Waals surface area contributed by atoms with Crippen LogP contribution in [0.4, 0.5) is 11.8 Å². The standard InChI is InChI=1S/C20H23ClN6/c1-27(2)11-10-23-20-25-18(16-4-3-9-22-14-16)12-19(26-20)24-13-15-5-7-17(21)8-6-15/h3-9,12,14H,10-11,13H2,1-2H3,(H2,23,24,25,26). The molecule has 0 aliphatic carbocycles. The Morgan fingerprint density at radius 3 is 2.56 bits per heavy atom. The van der Waals surface area contributed by atoms with Crippen LogP contribution in [0.1, 0.15) is 5.56 Å². The summed E-state index contributed by atoms with van der Waals surface area (Å²) in [6.45, 7) is 2.31. The van der Waals surface area contributed by atoms with Gasteiger partial charge in [-0.2, -0.15) is 4.98 Å². The molecule has 7 heteroatoms. The van der Waals surface area contributed by atoms with Crippen molar-refractivity contribution < 1.29 is 0 Å². The van der Waals surface area contributed by atoms with Crippen LogP contribution >= 0.6 is 11.6 Å². The van der Waals surface area contributed by atoms with E-state index in [0.29, 0.717) is 12.5 Å². The lowest BCUT2D eigenvalue weighted by molar-refractivity contribution is 0.425. The fraction of sp³-hybridized carbons (Fsp3) is 0.250. The fourth-order valence-corrected chi connectivity index (χ4v) is 2.59. The molecule has 0 saturated carbocycles. The van der Waals surface area contributed by atoms with Crippen molar-refractivity contribution in [1.82, 2.24) is 19.9 Å². The van der Waals surface area contributed by atoms with Crippen molar-refractivity contribution in [2.24, 2.45) is 0 Å². The van der Waals surface area contributed by atoms with Crippen LogP contribution in [0, 0.1) is 0 Å². The fourth-order valence-electron chi connectivity index (χ4n) is 2.47. The van der Waals surface area contributed by atoms with Crippen LogP contribution in [0.15, 0.2) is 54.9 Å². The first-order valence-electron chi connectivity index (χ1n) is 8.76. The highest BCUT2D eigenvalue weighted by molar-refractivity contribution is 6.30. The third-order valence-electron chi connectivity index (χ3n) is 3.91. The zero-order valence-corrected chi connectivity index (χ0v) is 16.2. The maximum Gasteiger partial charge on any atom is 0.225 e. The number of rotatable bonds is 8. The zero-order chi connectivity index (χ0) is 19.1. The number of pyridine rings is 1. The van der Waals surface area contributed by atoms with E-state index in [4.69, 9.17) is 11.6 Å². The van der Waals surface area contributed by atoms with Gasteiger partial charge < -0.3 is 15.5 Å². The van der Waals surface area contributed by atoms with Gasteiger partial charge in [0.15, 0.2) is 0 Å². The van der Waals surface area contributed by atoms with E-state index in [0.717, 1.165) is 40.8 Å². The predicted octanol–water partition coefficient (Wildman–Crippen LogP) is 3.78. The van der Waals surface area contributed by atoms with E-state index in [2.05, 4.69) is 30.5 Å². The molecule has 27 heavy (non-hydrogen) atoms. The molecule has 3 aromatic rings. The minimum atomic E-state index is 0.594. The lowest BCUT2D eigenvalue weighted by Gasteiger charge is -2.13. The summed E-state index contributed by atoms with van der Waals surface area (Å²) < 4.78 is 0. The summed E-state index contributed by atoms with van der Waals surface area (Å²) in [6.07, 6.45) is 3.55. The van der Waals surface area contributed by atoms with Gasteiger partial charge in [0.2, 0.25) is 5.95 Å². The molecule has 1 aromatic carbocycles. The Bertz CT molecular complexity index is 852. The van der Waals surface area contributed by atoms with Gasteiger partial charge in [0.1, 0.15) is 5.82 Å². The van der Waals surface area contributed by atoms with Gasteiger partial charge in [-0.05, 0) is 43.9 Å². The SMILES string of the molecule is CN(C)CCNc1nc(NCc2ccc(Cl)cc2)cc(-c2cccnc2)n1. The quantitative estimate of drug-likeness (QED) is 0.618. The lowest BCUT2D eigenvalue weighted by atomic mass is 10.2. The number of anilines is 2. The highest BCUT2D eigenvalue weighted by atomic mass is 35.5. The predicted molar refractivity (Wildman–Crippen MR) is 111 cm³/mol. The Morgan fingerprint density at radius 2 is 1.85 bits per heavy atom. The number of nitrogens with one attached hydrogen (secondary N) is 2. The molecule has 140 valence electrons. The second-order valence-corrected chi connectivity index (χ2v) is 6.85. The highest BCUT2D eigenvalue weighted by Crippen LogP contribution is 2.21. The van der Waals surface area contributed by atoms with Crippen molar-refractivity contribution >= 4 is 23.4 Å². The Kier molecular flexibility index (Phi) is 6.57. The molecule has 0 atom stereocenters. The average Bonchev–Trinajstić information content (AvgIpc) is 2.68. The average molecular weight is 383 g/mol. The van der Waals surface area contributed by atoms with Crippen LogP contribution in [-0.4, -0.2) is 47.0 Å². The second-order valence-electron chi connectivity index (χ2n) is 6.41. The molecule has 2 aromatic heterocycles. The molecular formula is C20H23ClN6. The van der Waals surface area contributed by atoms with Crippen molar-refractivity contribution in [2.45, 2.75) is 6.54 Å². The molecule has 6 nitrogen and oxygen atoms in total. The number of aromatic nitrogens is 3. The minimum absolute atomic E-state index is 0.594. The number of nitrogens with zero attached hydrogens (tertiary/aromatic N) is 4. The van der Waals surface area contributed by atoms with Crippen LogP contribution in [0.5, 0.6) is 0 Å². The topological polar surface area (TPSA) is 66.0 Å². The van der Waals surface area contributed by atoms with E-state index in [1.165, 1.54) is 0 Å². The monoisotopic (exact) mass is 382 g/mol. The van der Waals surface area contributed by atoms with Gasteiger partial charge in [-0.15, -0.1) is 0 Å². The summed E-state index contributed by atoms with van der Waals surface area (Å²) in [7, 11) is 4.07. The number of likely N-dealkylation sites (N-methyl/N-ethyl adjacent to an activating group) is 1. The van der Waals surface area contributed by atoms with E-state index >= 15 is 0 Å². The van der Waals surface area contributed by atoms with Crippen molar-refractivity contribution in [3.63, 3.8) is 0 Å². The number of hydrogen-bond acceptors (Lipinski definition) is 6. The van der Waals surface area contributed by atoms with E-state index < -0.39 is 0 Å². The summed E-state index contributed by atoms with van der Waals surface area (Å²) in [4.78, 5) is 15.5. The normalized spacial score (nSPS) is 10.8. The Hall–Kier alpha value is -2.70. The molecule has 0 radical (unpaired) electrons. The van der Waals surface area contributed by atoms with Crippen LogP contribution in [0.25, 0.3) is 11.3 Å². The number of hydrogen-bond donors (Lipinski definition) is 2. The molecule has 0 saturated heterocycles. The first-order chi connectivity index (χ1) is 13.1. The molecule has 0 bridgehead atoms. The Morgan fingerprint density at radius 1 is 1.04 bits per heavy atom. The molecule has 0 aliphatic heterocycles. The first kappa shape index (κ1) is 19.1. The van der Waals surface area contributed by atoms with Crippen molar-refractivity contribution in [1.29, 1.82) is 0 Å². The molecular weight excluding hydrogens is 360 g/mol. The summed E-state index contributed by atoms with van der Waals surface area (Å²) in [6, 6.07) is 13.6. The molecule has 2 heterocycles. The van der Waals surface area contributed by atoms with Gasteiger partial charge in [-0.1, -0.05) is 23.7 Å². The lowest BCUT2D eigenvalue weighted by Crippen LogP contribution is -2.21.